The molecule has 1 unspecified atom stereocenters. The third-order valence-electron chi connectivity index (χ3n) is 3.10. The number of anilines is 1. The lowest BCUT2D eigenvalue weighted by atomic mass is 10.3. The van der Waals surface area contributed by atoms with E-state index in [-0.39, 0.29) is 11.9 Å². The number of carboxylic acids is 1. The van der Waals surface area contributed by atoms with E-state index in [1.165, 1.54) is 11.8 Å². The van der Waals surface area contributed by atoms with Gasteiger partial charge in [-0.05, 0) is 13.3 Å². The van der Waals surface area contributed by atoms with Crippen LogP contribution in [0, 0.1) is 0 Å². The van der Waals surface area contributed by atoms with Crippen LogP contribution in [0.25, 0.3) is 0 Å². The Labute approximate surface area is 115 Å². The summed E-state index contributed by atoms with van der Waals surface area (Å²) < 4.78 is 7.29. The molecule has 0 bridgehead atoms. The van der Waals surface area contributed by atoms with Gasteiger partial charge in [0.15, 0.2) is 5.16 Å². The summed E-state index contributed by atoms with van der Waals surface area (Å²) in [6.07, 6.45) is 1.21. The molecule has 1 N–H and O–H groups in total. The highest BCUT2D eigenvalue weighted by Crippen LogP contribution is 2.25. The van der Waals surface area contributed by atoms with Crippen molar-refractivity contribution in [2.75, 3.05) is 30.9 Å². The zero-order chi connectivity index (χ0) is 13.8. The Kier molecular flexibility index (Phi) is 4.65. The second kappa shape index (κ2) is 6.25. The zero-order valence-electron chi connectivity index (χ0n) is 11.1. The van der Waals surface area contributed by atoms with Crippen LogP contribution in [0.15, 0.2) is 5.16 Å². The molecule has 106 valence electrons. The van der Waals surface area contributed by atoms with E-state index in [0.717, 1.165) is 32.0 Å². The van der Waals surface area contributed by atoms with Gasteiger partial charge in [-0.1, -0.05) is 11.8 Å². The van der Waals surface area contributed by atoms with E-state index in [1.54, 1.807) is 7.11 Å². The molecule has 19 heavy (non-hydrogen) atoms. The van der Waals surface area contributed by atoms with Crippen molar-refractivity contribution >= 4 is 23.7 Å². The average molecular weight is 286 g/mol. The molecule has 1 fully saturated rings. The summed E-state index contributed by atoms with van der Waals surface area (Å²) in [7, 11) is 1.72. The van der Waals surface area contributed by atoms with E-state index in [2.05, 4.69) is 15.1 Å². The summed E-state index contributed by atoms with van der Waals surface area (Å²) in [5.74, 6) is -0.0495. The topological polar surface area (TPSA) is 80.5 Å². The molecule has 0 aliphatic carbocycles. The van der Waals surface area contributed by atoms with E-state index in [0.29, 0.717) is 5.16 Å². The second-order valence-corrected chi connectivity index (χ2v) is 5.24. The maximum Gasteiger partial charge on any atom is 0.313 e. The van der Waals surface area contributed by atoms with Gasteiger partial charge in [0.1, 0.15) is 0 Å². The normalized spacial score (nSPS) is 19.1. The molecule has 0 aromatic carbocycles. The summed E-state index contributed by atoms with van der Waals surface area (Å²) >= 11 is 1.20. The molecule has 1 aromatic heterocycles. The van der Waals surface area contributed by atoms with Gasteiger partial charge in [-0.3, -0.25) is 9.36 Å². The Hall–Kier alpha value is -1.28. The van der Waals surface area contributed by atoms with Crippen LogP contribution in [-0.4, -0.2) is 57.9 Å². The van der Waals surface area contributed by atoms with Crippen molar-refractivity contribution in [1.82, 2.24) is 14.8 Å². The molecule has 0 saturated carbocycles. The highest BCUT2D eigenvalue weighted by molar-refractivity contribution is 7.99. The van der Waals surface area contributed by atoms with Gasteiger partial charge in [-0.2, -0.15) is 0 Å². The summed E-state index contributed by atoms with van der Waals surface area (Å²) in [4.78, 5) is 12.7. The fourth-order valence-corrected chi connectivity index (χ4v) is 2.84. The quantitative estimate of drug-likeness (QED) is 0.771. The number of thioether (sulfide) groups is 1. The van der Waals surface area contributed by atoms with E-state index >= 15 is 0 Å². The van der Waals surface area contributed by atoms with Gasteiger partial charge in [0.2, 0.25) is 5.95 Å². The van der Waals surface area contributed by atoms with Crippen LogP contribution in [0.5, 0.6) is 0 Å². The third-order valence-corrected chi connectivity index (χ3v) is 4.05. The largest absolute Gasteiger partial charge is 0.481 e. The fraction of sp³-hybridized carbons (Fsp3) is 0.727. The fourth-order valence-electron chi connectivity index (χ4n) is 2.13. The van der Waals surface area contributed by atoms with Gasteiger partial charge in [-0.25, -0.2) is 0 Å². The Morgan fingerprint density at radius 3 is 2.95 bits per heavy atom. The van der Waals surface area contributed by atoms with Crippen molar-refractivity contribution in [3.63, 3.8) is 0 Å². The average Bonchev–Trinajstić information content (AvgIpc) is 3.01. The molecule has 7 nitrogen and oxygen atoms in total. The number of ether oxygens (including phenoxy) is 1. The first-order valence-electron chi connectivity index (χ1n) is 6.21. The minimum absolute atomic E-state index is 0.00116. The summed E-state index contributed by atoms with van der Waals surface area (Å²) in [6.45, 7) is 4.42. The Balaban J connectivity index is 2.11. The van der Waals surface area contributed by atoms with Gasteiger partial charge in [0, 0.05) is 26.7 Å². The molecule has 0 amide bonds. The molecule has 2 rings (SSSR count). The molecular formula is C11H18N4O3S. The summed E-state index contributed by atoms with van der Waals surface area (Å²) in [5.41, 5.74) is 0. The predicted molar refractivity (Wildman–Crippen MR) is 71.7 cm³/mol. The first-order valence-corrected chi connectivity index (χ1v) is 7.19. The Bertz CT molecular complexity index is 451. The van der Waals surface area contributed by atoms with Gasteiger partial charge < -0.3 is 14.7 Å². The van der Waals surface area contributed by atoms with Crippen LogP contribution in [0.1, 0.15) is 13.3 Å². The van der Waals surface area contributed by atoms with Crippen LogP contribution >= 0.6 is 11.8 Å². The zero-order valence-corrected chi connectivity index (χ0v) is 11.9. The van der Waals surface area contributed by atoms with Crippen molar-refractivity contribution < 1.29 is 14.6 Å². The van der Waals surface area contributed by atoms with Crippen LogP contribution in [0.2, 0.25) is 0 Å². The van der Waals surface area contributed by atoms with Crippen molar-refractivity contribution in [1.29, 1.82) is 0 Å². The molecular weight excluding hydrogens is 268 g/mol. The first kappa shape index (κ1) is 14.1. The summed E-state index contributed by atoms with van der Waals surface area (Å²) in [6, 6.07) is 0. The van der Waals surface area contributed by atoms with Gasteiger partial charge in [-0.15, -0.1) is 10.2 Å². The van der Waals surface area contributed by atoms with Crippen molar-refractivity contribution in [2.24, 2.45) is 0 Å². The number of carboxylic acid groups (broad SMARTS) is 1. The summed E-state index contributed by atoms with van der Waals surface area (Å²) in [5, 5.41) is 17.6. The highest BCUT2D eigenvalue weighted by atomic mass is 32.2. The molecule has 0 spiro atoms. The van der Waals surface area contributed by atoms with Crippen LogP contribution in [0.4, 0.5) is 5.95 Å². The third kappa shape index (κ3) is 3.19. The van der Waals surface area contributed by atoms with Crippen LogP contribution < -0.4 is 4.90 Å². The second-order valence-electron chi connectivity index (χ2n) is 4.30. The number of hydrogen-bond donors (Lipinski definition) is 1. The van der Waals surface area contributed by atoms with Crippen molar-refractivity contribution in [2.45, 2.75) is 31.1 Å². The highest BCUT2D eigenvalue weighted by Gasteiger charge is 2.26. The smallest absolute Gasteiger partial charge is 0.313 e. The number of nitrogens with zero attached hydrogens (tertiary/aromatic N) is 4. The SMILES string of the molecule is CCn1c(SCC(=O)O)nnc1N1CCC(OC)C1. The molecule has 8 heteroatoms. The van der Waals surface area contributed by atoms with Crippen molar-refractivity contribution in [3.8, 4) is 0 Å². The molecule has 1 saturated heterocycles. The maximum atomic E-state index is 10.6. The van der Waals surface area contributed by atoms with Crippen LogP contribution in [0.3, 0.4) is 0 Å². The van der Waals surface area contributed by atoms with Gasteiger partial charge in [0.25, 0.3) is 0 Å². The number of aromatic nitrogens is 3. The van der Waals surface area contributed by atoms with E-state index < -0.39 is 5.97 Å². The minimum atomic E-state index is -0.849. The molecule has 1 aliphatic rings. The number of carbonyl (C=O) groups is 1. The number of hydrogen-bond acceptors (Lipinski definition) is 6. The lowest BCUT2D eigenvalue weighted by molar-refractivity contribution is -0.133. The lowest BCUT2D eigenvalue weighted by Crippen LogP contribution is -2.25. The molecule has 1 atom stereocenters. The monoisotopic (exact) mass is 286 g/mol. The van der Waals surface area contributed by atoms with E-state index in [1.807, 2.05) is 11.5 Å². The standard InChI is InChI=1S/C11H18N4O3S/c1-3-15-10(14-5-4-8(6-14)18-2)12-13-11(15)19-7-9(16)17/h8H,3-7H2,1-2H3,(H,16,17). The number of aliphatic carboxylic acids is 1. The molecule has 1 aromatic rings. The van der Waals surface area contributed by atoms with E-state index in [9.17, 15) is 4.79 Å². The van der Waals surface area contributed by atoms with E-state index in [4.69, 9.17) is 9.84 Å². The molecule has 1 aliphatic heterocycles. The predicted octanol–water partition coefficient (Wildman–Crippen LogP) is 0.700. The molecule has 0 radical (unpaired) electrons. The lowest BCUT2D eigenvalue weighted by Gasteiger charge is -2.17. The Morgan fingerprint density at radius 1 is 1.58 bits per heavy atom. The Morgan fingerprint density at radius 2 is 2.37 bits per heavy atom. The maximum absolute atomic E-state index is 10.6. The number of rotatable bonds is 6. The van der Waals surface area contributed by atoms with Crippen molar-refractivity contribution in [3.05, 3.63) is 0 Å². The van der Waals surface area contributed by atoms with Crippen LogP contribution in [-0.2, 0) is 16.1 Å². The van der Waals surface area contributed by atoms with Gasteiger partial charge >= 0.3 is 5.97 Å². The number of methoxy groups -OCH3 is 1. The minimum Gasteiger partial charge on any atom is -0.481 e. The molecule has 2 heterocycles. The van der Waals surface area contributed by atoms with Gasteiger partial charge in [0.05, 0.1) is 11.9 Å². The first-order chi connectivity index (χ1) is 9.15.